The maximum atomic E-state index is 5.55. The molecule has 1 nitrogen and oxygen atoms in total. The van der Waals surface area contributed by atoms with E-state index in [1.807, 2.05) is 12.2 Å². The zero-order valence-electron chi connectivity index (χ0n) is 12.8. The molecule has 96 valence electrons. The summed E-state index contributed by atoms with van der Waals surface area (Å²) in [5.74, 6) is 0. The Bertz CT molecular complexity index is 543. The summed E-state index contributed by atoms with van der Waals surface area (Å²) in [6, 6.07) is 16.9. The van der Waals surface area contributed by atoms with Crippen LogP contribution >= 0.6 is 0 Å². The zero-order chi connectivity index (χ0) is 14.9. The Labute approximate surface area is 145 Å². The van der Waals surface area contributed by atoms with Gasteiger partial charge in [-0.15, -0.1) is 0 Å². The maximum absolute atomic E-state index is 5.55. The first-order valence-corrected chi connectivity index (χ1v) is 7.28. The Morgan fingerprint density at radius 3 is 1.43 bits per heavy atom. The topological polar surface area (TPSA) is 9.23 Å². The summed E-state index contributed by atoms with van der Waals surface area (Å²) in [6.07, 6.45) is 8.26. The van der Waals surface area contributed by atoms with Crippen LogP contribution in [0.25, 0.3) is 12.2 Å². The Kier molecular flexibility index (Phi) is 7.18. The first-order valence-electron chi connectivity index (χ1n) is 7.28. The van der Waals surface area contributed by atoms with Crippen LogP contribution in [-0.4, -0.2) is 48.6 Å². The quantitative estimate of drug-likeness (QED) is 0.571. The molecule has 0 saturated heterocycles. The van der Waals surface area contributed by atoms with Crippen LogP contribution in [-0.2, 0) is 4.74 Å². The monoisotopic (exact) mass is 262 g/mol. The molecule has 3 heteroatoms. The number of hydrogen-bond acceptors (Lipinski definition) is 1. The molecule has 0 spiro atoms. The van der Waals surface area contributed by atoms with Gasteiger partial charge in [0.1, 0.15) is 0 Å². The molecule has 0 aromatic heterocycles. The average Bonchev–Trinajstić information content (AvgIpc) is 2.50. The predicted octanol–water partition coefficient (Wildman–Crippen LogP) is 2.02. The first-order chi connectivity index (χ1) is 10.2. The molecule has 0 amide bonds. The second-order valence-electron chi connectivity index (χ2n) is 5.16. The molecule has 0 bridgehead atoms. The molecule has 2 aromatic rings. The Morgan fingerprint density at radius 1 is 0.667 bits per heavy atom. The number of benzene rings is 2. The van der Waals surface area contributed by atoms with E-state index in [0.29, 0.717) is 13.2 Å². The van der Waals surface area contributed by atoms with E-state index in [-0.39, 0.29) is 0 Å². The third-order valence-electron chi connectivity index (χ3n) is 3.20. The molecule has 0 aliphatic carbocycles. The van der Waals surface area contributed by atoms with E-state index < -0.39 is 0 Å². The van der Waals surface area contributed by atoms with E-state index in [0.717, 1.165) is 0 Å². The first kappa shape index (κ1) is 16.4. The minimum absolute atomic E-state index is 0.631. The van der Waals surface area contributed by atoms with E-state index in [4.69, 9.17) is 4.74 Å². The molecule has 0 saturated carbocycles. The van der Waals surface area contributed by atoms with Crippen LogP contribution in [0.4, 0.5) is 0 Å². The van der Waals surface area contributed by atoms with Crippen molar-refractivity contribution >= 4 is 56.1 Å². The van der Waals surface area contributed by atoms with Gasteiger partial charge in [0.25, 0.3) is 0 Å². The summed E-state index contributed by atoms with van der Waals surface area (Å²) in [4.78, 5) is 0. The van der Waals surface area contributed by atoms with E-state index >= 15 is 0 Å². The van der Waals surface area contributed by atoms with Gasteiger partial charge in [-0.1, -0.05) is 0 Å². The van der Waals surface area contributed by atoms with Crippen molar-refractivity contribution in [3.8, 4) is 0 Å². The molecule has 0 heterocycles. The predicted molar refractivity (Wildman–Crippen MR) is 92.5 cm³/mol. The normalized spacial score (nSPS) is 11.6. The van der Waals surface area contributed by atoms with Gasteiger partial charge in [0.15, 0.2) is 0 Å². The van der Waals surface area contributed by atoms with Crippen LogP contribution in [0.2, 0.25) is 0 Å². The van der Waals surface area contributed by atoms with Gasteiger partial charge in [-0.3, -0.25) is 0 Å². The molecule has 2 aromatic carbocycles. The van der Waals surface area contributed by atoms with Gasteiger partial charge in [-0.25, -0.2) is 0 Å². The molecule has 2 rings (SSSR count). The van der Waals surface area contributed by atoms with Crippen LogP contribution in [0.15, 0.2) is 60.7 Å². The van der Waals surface area contributed by atoms with Crippen molar-refractivity contribution in [1.82, 2.24) is 0 Å². The molecule has 0 radical (unpaired) electrons. The van der Waals surface area contributed by atoms with Crippen LogP contribution < -0.4 is 8.47 Å². The van der Waals surface area contributed by atoms with Gasteiger partial charge in [0.2, 0.25) is 0 Å². The van der Waals surface area contributed by atoms with Gasteiger partial charge < -0.3 is 0 Å². The fourth-order valence-electron chi connectivity index (χ4n) is 1.93. The molecule has 0 N–H and O–H groups in total. The van der Waals surface area contributed by atoms with Gasteiger partial charge in [0, 0.05) is 0 Å². The van der Waals surface area contributed by atoms with Crippen molar-refractivity contribution in [2.75, 3.05) is 13.2 Å². The van der Waals surface area contributed by atoms with Crippen molar-refractivity contribution in [1.29, 1.82) is 0 Å². The SMILES string of the molecule is [Li][c]1ccc(C=CCOCC=Cc2cc[c]([Li])cc2)cc1. The minimum atomic E-state index is 0.631. The second kappa shape index (κ2) is 9.17. The third kappa shape index (κ3) is 6.58. The summed E-state index contributed by atoms with van der Waals surface area (Å²) < 4.78 is 8.12. The third-order valence-corrected chi connectivity index (χ3v) is 3.20. The summed E-state index contributed by atoms with van der Waals surface area (Å²) >= 11 is 4.19. The number of ether oxygens (including phenoxy) is 1. The van der Waals surface area contributed by atoms with Crippen molar-refractivity contribution in [2.45, 2.75) is 0 Å². The van der Waals surface area contributed by atoms with Crippen LogP contribution in [0.3, 0.4) is 0 Å². The summed E-state index contributed by atoms with van der Waals surface area (Å²) in [5, 5.41) is 0. The molecule has 0 atom stereocenters. The van der Waals surface area contributed by atoms with Crippen molar-refractivity contribution in [3.63, 3.8) is 0 Å². The fraction of sp³-hybridized carbons (Fsp3) is 0.111. The van der Waals surface area contributed by atoms with Crippen LogP contribution in [0.1, 0.15) is 11.1 Å². The Morgan fingerprint density at radius 2 is 1.05 bits per heavy atom. The van der Waals surface area contributed by atoms with E-state index in [1.165, 1.54) is 19.6 Å². The van der Waals surface area contributed by atoms with Crippen LogP contribution in [0, 0.1) is 0 Å². The summed E-state index contributed by atoms with van der Waals surface area (Å²) in [7, 11) is 0. The van der Waals surface area contributed by atoms with Crippen molar-refractivity contribution in [3.05, 3.63) is 71.8 Å². The molecule has 0 fully saturated rings. The van der Waals surface area contributed by atoms with Crippen molar-refractivity contribution < 1.29 is 4.74 Å². The average molecular weight is 262 g/mol. The standard InChI is InChI=1S/C18H16O.2Li/c1-3-9-17(10-4-1)13-7-15-19-16-8-14-18-11-5-2-6-12-18;;/h3-14H,15-16H2;;. The zero-order valence-corrected chi connectivity index (χ0v) is 12.8. The second-order valence-corrected chi connectivity index (χ2v) is 5.16. The molecule has 21 heavy (non-hydrogen) atoms. The molecular weight excluding hydrogens is 246 g/mol. The van der Waals surface area contributed by atoms with Crippen LogP contribution in [0.5, 0.6) is 0 Å². The van der Waals surface area contributed by atoms with Gasteiger partial charge in [-0.05, 0) is 0 Å². The van der Waals surface area contributed by atoms with E-state index in [9.17, 15) is 0 Å². The number of rotatable bonds is 6. The molecular formula is C18H16Li2O. The number of hydrogen-bond donors (Lipinski definition) is 0. The van der Waals surface area contributed by atoms with E-state index in [1.54, 1.807) is 0 Å². The van der Waals surface area contributed by atoms with E-state index in [2.05, 4.69) is 96.1 Å². The Balaban J connectivity index is 1.67. The fourth-order valence-corrected chi connectivity index (χ4v) is 1.93. The molecule has 0 aliphatic heterocycles. The van der Waals surface area contributed by atoms with Crippen molar-refractivity contribution in [2.24, 2.45) is 0 Å². The molecule has 0 unspecified atom stereocenters. The Hall–Kier alpha value is -0.925. The summed E-state index contributed by atoms with van der Waals surface area (Å²) in [5.41, 5.74) is 2.42. The van der Waals surface area contributed by atoms with Gasteiger partial charge >= 0.3 is 146 Å². The molecule has 0 aliphatic rings. The van der Waals surface area contributed by atoms with Gasteiger partial charge in [-0.2, -0.15) is 0 Å². The van der Waals surface area contributed by atoms with Gasteiger partial charge in [0.05, 0.1) is 0 Å². The summed E-state index contributed by atoms with van der Waals surface area (Å²) in [6.45, 7) is 1.26.